The van der Waals surface area contributed by atoms with Gasteiger partial charge in [-0.3, -0.25) is 9.59 Å². The minimum absolute atomic E-state index is 0.0219. The highest BCUT2D eigenvalue weighted by Crippen LogP contribution is 2.27. The first kappa shape index (κ1) is 13.1. The molecule has 98 valence electrons. The second-order valence-corrected chi connectivity index (χ2v) is 6.24. The number of thiophene rings is 1. The number of hydrogen-bond donors (Lipinski definition) is 1. The zero-order valence-electron chi connectivity index (χ0n) is 10.8. The van der Waals surface area contributed by atoms with Crippen molar-refractivity contribution in [2.24, 2.45) is 11.8 Å². The van der Waals surface area contributed by atoms with Crippen molar-refractivity contribution in [2.45, 2.75) is 20.8 Å². The van der Waals surface area contributed by atoms with E-state index in [2.05, 4.69) is 0 Å². The van der Waals surface area contributed by atoms with Crippen molar-refractivity contribution in [3.8, 4) is 0 Å². The molecule has 0 saturated carbocycles. The molecule has 0 spiro atoms. The lowest BCUT2D eigenvalue weighted by Gasteiger charge is -2.14. The van der Waals surface area contributed by atoms with Gasteiger partial charge in [-0.15, -0.1) is 11.3 Å². The van der Waals surface area contributed by atoms with Crippen LogP contribution in [0.15, 0.2) is 6.07 Å². The van der Waals surface area contributed by atoms with Crippen LogP contribution in [0.4, 0.5) is 0 Å². The topological polar surface area (TPSA) is 57.6 Å². The number of rotatable bonds is 2. The summed E-state index contributed by atoms with van der Waals surface area (Å²) in [4.78, 5) is 26.8. The number of aliphatic carboxylic acids is 1. The quantitative estimate of drug-likeness (QED) is 0.893. The van der Waals surface area contributed by atoms with Crippen LogP contribution in [0.2, 0.25) is 0 Å². The van der Waals surface area contributed by atoms with Crippen molar-refractivity contribution < 1.29 is 14.7 Å². The van der Waals surface area contributed by atoms with Gasteiger partial charge in [-0.05, 0) is 31.4 Å². The minimum Gasteiger partial charge on any atom is -0.481 e. The fourth-order valence-corrected chi connectivity index (χ4v) is 3.29. The molecule has 0 radical (unpaired) electrons. The second-order valence-electron chi connectivity index (χ2n) is 4.98. The van der Waals surface area contributed by atoms with E-state index in [-0.39, 0.29) is 11.8 Å². The number of aryl methyl sites for hydroxylation is 2. The standard InChI is InChI=1S/C13H17NO3S/c1-7-4-11(18-9(7)3)12(15)14-5-8(2)10(6-14)13(16)17/h4,8,10H,5-6H2,1-3H3,(H,16,17)/t8-,10-/m1/s1. The summed E-state index contributed by atoms with van der Waals surface area (Å²) in [7, 11) is 0. The van der Waals surface area contributed by atoms with Crippen molar-refractivity contribution in [3.05, 3.63) is 21.4 Å². The Bertz CT molecular complexity index is 475. The number of carboxylic acid groups (broad SMARTS) is 1. The van der Waals surface area contributed by atoms with Crippen LogP contribution in [0.5, 0.6) is 0 Å². The van der Waals surface area contributed by atoms with Gasteiger partial charge in [-0.25, -0.2) is 0 Å². The van der Waals surface area contributed by atoms with Gasteiger partial charge in [0.2, 0.25) is 0 Å². The van der Waals surface area contributed by atoms with Crippen LogP contribution in [0.1, 0.15) is 27.0 Å². The second kappa shape index (κ2) is 4.72. The summed E-state index contributed by atoms with van der Waals surface area (Å²) in [6.45, 7) is 6.72. The van der Waals surface area contributed by atoms with Gasteiger partial charge in [-0.1, -0.05) is 6.92 Å². The maximum atomic E-state index is 12.3. The van der Waals surface area contributed by atoms with Crippen LogP contribution >= 0.6 is 11.3 Å². The van der Waals surface area contributed by atoms with Crippen molar-refractivity contribution in [3.63, 3.8) is 0 Å². The third kappa shape index (κ3) is 2.27. The van der Waals surface area contributed by atoms with Crippen molar-refractivity contribution >= 4 is 23.2 Å². The number of carbonyl (C=O) groups is 2. The highest BCUT2D eigenvalue weighted by molar-refractivity contribution is 7.14. The molecule has 2 heterocycles. The maximum Gasteiger partial charge on any atom is 0.308 e. The fraction of sp³-hybridized carbons (Fsp3) is 0.538. The Hall–Kier alpha value is -1.36. The van der Waals surface area contributed by atoms with Crippen molar-refractivity contribution in [2.75, 3.05) is 13.1 Å². The Labute approximate surface area is 110 Å². The molecule has 1 aliphatic heterocycles. The molecule has 1 fully saturated rings. The van der Waals surface area contributed by atoms with E-state index in [1.54, 1.807) is 4.90 Å². The summed E-state index contributed by atoms with van der Waals surface area (Å²) >= 11 is 1.48. The van der Waals surface area contributed by atoms with Crippen LogP contribution in [0, 0.1) is 25.7 Å². The Balaban J connectivity index is 2.14. The zero-order valence-corrected chi connectivity index (χ0v) is 11.6. The van der Waals surface area contributed by atoms with Gasteiger partial charge in [0.15, 0.2) is 0 Å². The van der Waals surface area contributed by atoms with Gasteiger partial charge in [-0.2, -0.15) is 0 Å². The summed E-state index contributed by atoms with van der Waals surface area (Å²) in [6, 6.07) is 1.89. The average molecular weight is 267 g/mol. The van der Waals surface area contributed by atoms with Crippen LogP contribution in [-0.2, 0) is 4.79 Å². The summed E-state index contributed by atoms with van der Waals surface area (Å²) in [5.41, 5.74) is 1.12. The first-order valence-corrected chi connectivity index (χ1v) is 6.81. The SMILES string of the molecule is Cc1cc(C(=O)N2C[C@@H](C)[C@H](C(=O)O)C2)sc1C. The van der Waals surface area contributed by atoms with Crippen LogP contribution in [-0.4, -0.2) is 35.0 Å². The third-order valence-corrected chi connectivity index (χ3v) is 4.73. The lowest BCUT2D eigenvalue weighted by molar-refractivity contribution is -0.142. The predicted molar refractivity (Wildman–Crippen MR) is 70.0 cm³/mol. The molecule has 1 saturated heterocycles. The number of amides is 1. The highest BCUT2D eigenvalue weighted by atomic mass is 32.1. The van der Waals surface area contributed by atoms with Gasteiger partial charge < -0.3 is 10.0 Å². The van der Waals surface area contributed by atoms with Crippen molar-refractivity contribution in [1.82, 2.24) is 4.90 Å². The van der Waals surface area contributed by atoms with E-state index < -0.39 is 11.9 Å². The highest BCUT2D eigenvalue weighted by Gasteiger charge is 2.37. The number of hydrogen-bond acceptors (Lipinski definition) is 3. The molecule has 1 aromatic rings. The van der Waals surface area contributed by atoms with Gasteiger partial charge in [0.25, 0.3) is 5.91 Å². The largest absolute Gasteiger partial charge is 0.481 e. The first-order chi connectivity index (χ1) is 8.40. The summed E-state index contributed by atoms with van der Waals surface area (Å²) in [6.07, 6.45) is 0. The molecule has 4 nitrogen and oxygen atoms in total. The fourth-order valence-electron chi connectivity index (χ4n) is 2.29. The minimum atomic E-state index is -0.809. The maximum absolute atomic E-state index is 12.3. The molecule has 1 N–H and O–H groups in total. The number of carboxylic acids is 1. The van der Waals surface area contributed by atoms with Gasteiger partial charge in [0.1, 0.15) is 0 Å². The molecule has 0 aliphatic carbocycles. The Morgan fingerprint density at radius 1 is 1.39 bits per heavy atom. The lowest BCUT2D eigenvalue weighted by Crippen LogP contribution is -2.29. The molecule has 0 bridgehead atoms. The predicted octanol–water partition coefficient (Wildman–Crippen LogP) is 2.16. The first-order valence-electron chi connectivity index (χ1n) is 5.99. The Kier molecular flexibility index (Phi) is 3.43. The summed E-state index contributed by atoms with van der Waals surface area (Å²) in [5, 5.41) is 9.07. The van der Waals surface area contributed by atoms with Gasteiger partial charge in [0.05, 0.1) is 10.8 Å². The molecule has 1 amide bonds. The van der Waals surface area contributed by atoms with E-state index in [4.69, 9.17) is 5.11 Å². The number of nitrogens with zero attached hydrogens (tertiary/aromatic N) is 1. The van der Waals surface area contributed by atoms with E-state index in [1.165, 1.54) is 11.3 Å². The van der Waals surface area contributed by atoms with Gasteiger partial charge in [0, 0.05) is 18.0 Å². The van der Waals surface area contributed by atoms with E-state index in [0.29, 0.717) is 18.0 Å². The zero-order chi connectivity index (χ0) is 13.4. The van der Waals surface area contributed by atoms with Crippen LogP contribution < -0.4 is 0 Å². The van der Waals surface area contributed by atoms with E-state index >= 15 is 0 Å². The van der Waals surface area contributed by atoms with Crippen LogP contribution in [0.3, 0.4) is 0 Å². The average Bonchev–Trinajstić information content (AvgIpc) is 2.82. The normalized spacial score (nSPS) is 23.4. The molecule has 0 aromatic carbocycles. The Morgan fingerprint density at radius 3 is 2.50 bits per heavy atom. The van der Waals surface area contributed by atoms with Crippen LogP contribution in [0.25, 0.3) is 0 Å². The number of likely N-dealkylation sites (tertiary alicyclic amines) is 1. The molecule has 0 unspecified atom stereocenters. The Morgan fingerprint density at radius 2 is 2.06 bits per heavy atom. The van der Waals surface area contributed by atoms with Gasteiger partial charge >= 0.3 is 5.97 Å². The summed E-state index contributed by atoms with van der Waals surface area (Å²) in [5.74, 6) is -1.26. The molecule has 18 heavy (non-hydrogen) atoms. The van der Waals surface area contributed by atoms with E-state index in [1.807, 2.05) is 26.8 Å². The monoisotopic (exact) mass is 267 g/mol. The molecular formula is C13H17NO3S. The molecule has 1 aliphatic rings. The molecule has 1 aromatic heterocycles. The molecule has 2 atom stereocenters. The summed E-state index contributed by atoms with van der Waals surface area (Å²) < 4.78 is 0. The smallest absolute Gasteiger partial charge is 0.308 e. The van der Waals surface area contributed by atoms with Crippen molar-refractivity contribution in [1.29, 1.82) is 0 Å². The molecule has 5 heteroatoms. The lowest BCUT2D eigenvalue weighted by atomic mass is 9.99. The number of carbonyl (C=O) groups excluding carboxylic acids is 1. The third-order valence-electron chi connectivity index (χ3n) is 3.59. The molecule has 2 rings (SSSR count). The van der Waals surface area contributed by atoms with E-state index in [9.17, 15) is 9.59 Å². The van der Waals surface area contributed by atoms with E-state index in [0.717, 1.165) is 10.4 Å². The molecular weight excluding hydrogens is 250 g/mol.